The van der Waals surface area contributed by atoms with Crippen molar-refractivity contribution in [2.24, 2.45) is 5.73 Å². The Balaban J connectivity index is 2.74. The average molecular weight is 177 g/mol. The normalized spacial score (nSPS) is 9.62. The van der Waals surface area contributed by atoms with Gasteiger partial charge in [-0.05, 0) is 6.54 Å². The van der Waals surface area contributed by atoms with Crippen molar-refractivity contribution in [3.05, 3.63) is 35.9 Å². The molecule has 0 aliphatic heterocycles. The van der Waals surface area contributed by atoms with Crippen LogP contribution in [0, 0.1) is 0 Å². The number of carbonyl (C=O) groups is 2. The van der Waals surface area contributed by atoms with Crippen molar-refractivity contribution in [1.82, 2.24) is 0 Å². The van der Waals surface area contributed by atoms with E-state index in [1.165, 1.54) is 0 Å². The van der Waals surface area contributed by atoms with Crippen LogP contribution in [0.25, 0.3) is 0 Å². The van der Waals surface area contributed by atoms with Crippen LogP contribution in [0.4, 0.5) is 0 Å². The van der Waals surface area contributed by atoms with Crippen LogP contribution in [0.5, 0.6) is 0 Å². The number of hydrogen-bond acceptors (Lipinski definition) is 3. The van der Waals surface area contributed by atoms with Crippen LogP contribution in [0.1, 0.15) is 16.8 Å². The van der Waals surface area contributed by atoms with Gasteiger partial charge in [0, 0.05) is 12.0 Å². The monoisotopic (exact) mass is 177 g/mol. The Morgan fingerprint density at radius 1 is 1.15 bits per heavy atom. The van der Waals surface area contributed by atoms with Crippen molar-refractivity contribution < 1.29 is 9.59 Å². The van der Waals surface area contributed by atoms with Gasteiger partial charge >= 0.3 is 0 Å². The smallest absolute Gasteiger partial charge is 0.228 e. The molecular weight excluding hydrogens is 166 g/mol. The largest absolute Gasteiger partial charge is 0.330 e. The summed E-state index contributed by atoms with van der Waals surface area (Å²) in [6.07, 6.45) is 0.119. The maximum Gasteiger partial charge on any atom is 0.228 e. The van der Waals surface area contributed by atoms with E-state index in [4.69, 9.17) is 5.73 Å². The number of Topliss-reactive ketones (excluding diaryl/α,β-unsaturated/α-hetero) is 2. The first-order chi connectivity index (χ1) is 6.25. The summed E-state index contributed by atoms with van der Waals surface area (Å²) in [4.78, 5) is 22.4. The van der Waals surface area contributed by atoms with Gasteiger partial charge in [0.15, 0.2) is 0 Å². The van der Waals surface area contributed by atoms with E-state index < -0.39 is 11.6 Å². The zero-order chi connectivity index (χ0) is 9.68. The fourth-order valence-electron chi connectivity index (χ4n) is 0.995. The van der Waals surface area contributed by atoms with E-state index in [9.17, 15) is 9.59 Å². The van der Waals surface area contributed by atoms with Crippen molar-refractivity contribution in [3.63, 3.8) is 0 Å². The van der Waals surface area contributed by atoms with Crippen LogP contribution in [0.15, 0.2) is 30.3 Å². The molecule has 2 N–H and O–H groups in total. The summed E-state index contributed by atoms with van der Waals surface area (Å²) >= 11 is 0. The first-order valence-corrected chi connectivity index (χ1v) is 4.08. The number of rotatable bonds is 4. The van der Waals surface area contributed by atoms with Gasteiger partial charge in [-0.3, -0.25) is 9.59 Å². The summed E-state index contributed by atoms with van der Waals surface area (Å²) in [6.45, 7) is 0.220. The van der Waals surface area contributed by atoms with Gasteiger partial charge in [0.25, 0.3) is 0 Å². The molecule has 0 aromatic heterocycles. The fourth-order valence-corrected chi connectivity index (χ4v) is 0.995. The van der Waals surface area contributed by atoms with Gasteiger partial charge in [-0.1, -0.05) is 30.3 Å². The SMILES string of the molecule is NCCC(=O)C(=O)c1ccccc1. The first kappa shape index (κ1) is 9.61. The van der Waals surface area contributed by atoms with Gasteiger partial charge in [-0.25, -0.2) is 0 Å². The van der Waals surface area contributed by atoms with E-state index in [1.807, 2.05) is 0 Å². The van der Waals surface area contributed by atoms with Crippen LogP contribution < -0.4 is 5.73 Å². The molecule has 1 rings (SSSR count). The maximum absolute atomic E-state index is 11.3. The topological polar surface area (TPSA) is 60.2 Å². The quantitative estimate of drug-likeness (QED) is 0.546. The van der Waals surface area contributed by atoms with Gasteiger partial charge in [0.2, 0.25) is 11.6 Å². The standard InChI is InChI=1S/C10H11NO2/c11-7-6-9(12)10(13)8-4-2-1-3-5-8/h1-5H,6-7,11H2. The van der Waals surface area contributed by atoms with E-state index in [0.29, 0.717) is 5.56 Å². The number of hydrogen-bond donors (Lipinski definition) is 1. The summed E-state index contributed by atoms with van der Waals surface area (Å²) in [5.74, 6) is -0.875. The highest BCUT2D eigenvalue weighted by Crippen LogP contribution is 2.01. The molecule has 0 spiro atoms. The van der Waals surface area contributed by atoms with Gasteiger partial charge in [0.1, 0.15) is 0 Å². The Hall–Kier alpha value is -1.48. The molecule has 0 saturated heterocycles. The van der Waals surface area contributed by atoms with E-state index in [-0.39, 0.29) is 13.0 Å². The van der Waals surface area contributed by atoms with Crippen LogP contribution in [0.3, 0.4) is 0 Å². The molecule has 0 fully saturated rings. The lowest BCUT2D eigenvalue weighted by molar-refractivity contribution is -0.114. The van der Waals surface area contributed by atoms with Gasteiger partial charge < -0.3 is 5.73 Å². The van der Waals surface area contributed by atoms with E-state index in [2.05, 4.69) is 0 Å². The molecule has 1 aromatic rings. The summed E-state index contributed by atoms with van der Waals surface area (Å²) in [6, 6.07) is 8.49. The third-order valence-corrected chi connectivity index (χ3v) is 1.66. The maximum atomic E-state index is 11.3. The second-order valence-corrected chi connectivity index (χ2v) is 2.66. The molecule has 0 saturated carbocycles. The Morgan fingerprint density at radius 2 is 1.77 bits per heavy atom. The molecule has 3 heteroatoms. The highest BCUT2D eigenvalue weighted by molar-refractivity contribution is 6.43. The zero-order valence-electron chi connectivity index (χ0n) is 7.19. The molecule has 0 unspecified atom stereocenters. The van der Waals surface area contributed by atoms with Crippen LogP contribution in [-0.4, -0.2) is 18.1 Å². The third-order valence-electron chi connectivity index (χ3n) is 1.66. The van der Waals surface area contributed by atoms with E-state index in [0.717, 1.165) is 0 Å². The summed E-state index contributed by atoms with van der Waals surface area (Å²) in [7, 11) is 0. The van der Waals surface area contributed by atoms with E-state index in [1.54, 1.807) is 30.3 Å². The Labute approximate surface area is 76.6 Å². The molecule has 0 atom stereocenters. The van der Waals surface area contributed by atoms with Gasteiger partial charge in [-0.15, -0.1) is 0 Å². The molecule has 0 heterocycles. The van der Waals surface area contributed by atoms with Crippen molar-refractivity contribution >= 4 is 11.6 Å². The lowest BCUT2D eigenvalue weighted by Gasteiger charge is -1.97. The number of ketones is 2. The summed E-state index contributed by atoms with van der Waals surface area (Å²) < 4.78 is 0. The zero-order valence-corrected chi connectivity index (χ0v) is 7.19. The first-order valence-electron chi connectivity index (χ1n) is 4.08. The Bertz CT molecular complexity index is 306. The predicted molar refractivity (Wildman–Crippen MR) is 49.5 cm³/mol. The molecule has 0 amide bonds. The van der Waals surface area contributed by atoms with Gasteiger partial charge in [-0.2, -0.15) is 0 Å². The second-order valence-electron chi connectivity index (χ2n) is 2.66. The second kappa shape index (κ2) is 4.52. The molecule has 0 radical (unpaired) electrons. The van der Waals surface area contributed by atoms with Crippen LogP contribution in [0.2, 0.25) is 0 Å². The number of nitrogens with two attached hydrogens (primary N) is 1. The minimum absolute atomic E-state index is 0.119. The lowest BCUT2D eigenvalue weighted by atomic mass is 10.1. The molecule has 68 valence electrons. The lowest BCUT2D eigenvalue weighted by Crippen LogP contribution is -2.17. The number of carbonyl (C=O) groups excluding carboxylic acids is 2. The minimum atomic E-state index is -0.453. The molecular formula is C10H11NO2. The van der Waals surface area contributed by atoms with Gasteiger partial charge in [0.05, 0.1) is 0 Å². The average Bonchev–Trinajstić information content (AvgIpc) is 2.18. The number of benzene rings is 1. The highest BCUT2D eigenvalue weighted by Gasteiger charge is 2.13. The Morgan fingerprint density at radius 3 is 2.31 bits per heavy atom. The molecule has 13 heavy (non-hydrogen) atoms. The van der Waals surface area contributed by atoms with Crippen LogP contribution >= 0.6 is 0 Å². The third kappa shape index (κ3) is 2.49. The molecule has 3 nitrogen and oxygen atoms in total. The van der Waals surface area contributed by atoms with Crippen molar-refractivity contribution in [3.8, 4) is 0 Å². The summed E-state index contributed by atoms with van der Waals surface area (Å²) in [5, 5.41) is 0. The fraction of sp³-hybridized carbons (Fsp3) is 0.200. The minimum Gasteiger partial charge on any atom is -0.330 e. The molecule has 1 aromatic carbocycles. The molecule has 0 aliphatic carbocycles. The highest BCUT2D eigenvalue weighted by atomic mass is 16.2. The van der Waals surface area contributed by atoms with Crippen molar-refractivity contribution in [2.45, 2.75) is 6.42 Å². The van der Waals surface area contributed by atoms with E-state index >= 15 is 0 Å². The Kier molecular flexibility index (Phi) is 3.34. The van der Waals surface area contributed by atoms with Crippen molar-refractivity contribution in [1.29, 1.82) is 0 Å². The van der Waals surface area contributed by atoms with Crippen molar-refractivity contribution in [2.75, 3.05) is 6.54 Å². The summed E-state index contributed by atoms with van der Waals surface area (Å²) in [5.41, 5.74) is 5.60. The van der Waals surface area contributed by atoms with Crippen LogP contribution in [-0.2, 0) is 4.79 Å². The molecule has 0 bridgehead atoms. The molecule has 0 aliphatic rings. The predicted octanol–water partition coefficient (Wildman–Crippen LogP) is 0.787.